The van der Waals surface area contributed by atoms with E-state index in [9.17, 15) is 4.79 Å². The van der Waals surface area contributed by atoms with Crippen molar-refractivity contribution in [2.24, 2.45) is 0 Å². The molecule has 0 aliphatic heterocycles. The Morgan fingerprint density at radius 3 is 2.36 bits per heavy atom. The minimum absolute atomic E-state index is 0.0844. The van der Waals surface area contributed by atoms with E-state index >= 15 is 0 Å². The predicted molar refractivity (Wildman–Crippen MR) is 61.6 cm³/mol. The molecule has 1 aromatic rings. The Morgan fingerprint density at radius 2 is 1.93 bits per heavy atom. The number of rotatable bonds is 4. The van der Waals surface area contributed by atoms with Crippen LogP contribution in [0.5, 0.6) is 0 Å². The van der Waals surface area contributed by atoms with E-state index in [0.29, 0.717) is 0 Å². The van der Waals surface area contributed by atoms with Crippen molar-refractivity contribution in [1.82, 2.24) is 4.90 Å². The van der Waals surface area contributed by atoms with Crippen LogP contribution in [0, 0.1) is 0 Å². The molecule has 0 aromatic heterocycles. The Kier molecular flexibility index (Phi) is 4.17. The number of benzene rings is 1. The lowest BCUT2D eigenvalue weighted by molar-refractivity contribution is -0.114. The van der Waals surface area contributed by atoms with Crippen LogP contribution >= 0.6 is 12.6 Å². The summed E-state index contributed by atoms with van der Waals surface area (Å²) in [6, 6.07) is 9.83. The molecule has 1 aromatic carbocycles. The van der Waals surface area contributed by atoms with E-state index in [0.717, 1.165) is 12.0 Å². The Balaban J connectivity index is 2.70. The number of likely N-dealkylation sites (N-methyl/N-ethyl adjacent to an activating group) is 1. The first-order valence-corrected chi connectivity index (χ1v) is 4.99. The molecule has 0 bridgehead atoms. The van der Waals surface area contributed by atoms with Gasteiger partial charge in [0.25, 0.3) is 0 Å². The predicted octanol–water partition coefficient (Wildman–Crippen LogP) is 1.62. The van der Waals surface area contributed by atoms with Gasteiger partial charge in [-0.25, -0.2) is 0 Å². The van der Waals surface area contributed by atoms with Crippen molar-refractivity contribution in [2.75, 3.05) is 14.1 Å². The van der Waals surface area contributed by atoms with Crippen molar-refractivity contribution >= 4 is 17.7 Å². The lowest BCUT2D eigenvalue weighted by Crippen LogP contribution is -2.35. The highest BCUT2D eigenvalue weighted by atomic mass is 32.1. The Bertz CT molecular complexity index is 297. The minimum atomic E-state index is -0.138. The average molecular weight is 209 g/mol. The molecule has 3 heteroatoms. The van der Waals surface area contributed by atoms with Crippen LogP contribution in [0.3, 0.4) is 0 Å². The Labute approximate surface area is 90.3 Å². The quantitative estimate of drug-likeness (QED) is 0.760. The van der Waals surface area contributed by atoms with Gasteiger partial charge in [-0.1, -0.05) is 30.3 Å². The molecule has 0 spiro atoms. The first kappa shape index (κ1) is 11.3. The van der Waals surface area contributed by atoms with Gasteiger partial charge in [0, 0.05) is 0 Å². The number of hydrogen-bond acceptors (Lipinski definition) is 2. The second-order valence-electron chi connectivity index (χ2n) is 3.51. The zero-order chi connectivity index (χ0) is 10.6. The van der Waals surface area contributed by atoms with Gasteiger partial charge in [0.1, 0.15) is 0 Å². The summed E-state index contributed by atoms with van der Waals surface area (Å²) < 4.78 is 0. The molecule has 0 aliphatic carbocycles. The zero-order valence-corrected chi connectivity index (χ0v) is 9.37. The zero-order valence-electron chi connectivity index (χ0n) is 8.47. The van der Waals surface area contributed by atoms with Gasteiger partial charge in [-0.15, -0.1) is 12.6 Å². The molecular formula is C11H15NOS. The lowest BCUT2D eigenvalue weighted by atomic mass is 10.1. The van der Waals surface area contributed by atoms with Crippen LogP contribution < -0.4 is 0 Å². The average Bonchev–Trinajstić information content (AvgIpc) is 2.15. The van der Waals surface area contributed by atoms with Crippen LogP contribution in [0.4, 0.5) is 0 Å². The SMILES string of the molecule is CN(C)[C@H](Cc1ccccc1)C(=O)S. The molecule has 0 saturated heterocycles. The van der Waals surface area contributed by atoms with Crippen molar-refractivity contribution in [3.63, 3.8) is 0 Å². The standard InChI is InChI=1S/C11H15NOS/c1-12(2)10(11(13)14)8-9-6-4-3-5-7-9/h3-7,10H,8H2,1-2H3,(H,13,14)/t10-/m1/s1. The normalized spacial score (nSPS) is 12.9. The summed E-state index contributed by atoms with van der Waals surface area (Å²) in [7, 11) is 3.78. The molecule has 0 aliphatic rings. The van der Waals surface area contributed by atoms with Crippen molar-refractivity contribution in [3.05, 3.63) is 35.9 Å². The molecule has 1 atom stereocenters. The van der Waals surface area contributed by atoms with Gasteiger partial charge in [0.2, 0.25) is 5.12 Å². The topological polar surface area (TPSA) is 20.3 Å². The highest BCUT2D eigenvalue weighted by Crippen LogP contribution is 2.08. The fourth-order valence-electron chi connectivity index (χ4n) is 1.33. The van der Waals surface area contributed by atoms with Crippen molar-refractivity contribution in [2.45, 2.75) is 12.5 Å². The van der Waals surface area contributed by atoms with Gasteiger partial charge in [0.05, 0.1) is 6.04 Å². The smallest absolute Gasteiger partial charge is 0.203 e. The van der Waals surface area contributed by atoms with E-state index < -0.39 is 0 Å². The van der Waals surface area contributed by atoms with Gasteiger partial charge < -0.3 is 0 Å². The van der Waals surface area contributed by atoms with E-state index in [1.54, 1.807) is 0 Å². The molecular weight excluding hydrogens is 194 g/mol. The fraction of sp³-hybridized carbons (Fsp3) is 0.364. The largest absolute Gasteiger partial charge is 0.299 e. The second kappa shape index (κ2) is 5.17. The molecule has 14 heavy (non-hydrogen) atoms. The molecule has 0 radical (unpaired) electrons. The van der Waals surface area contributed by atoms with Crippen LogP contribution in [-0.4, -0.2) is 30.2 Å². The van der Waals surface area contributed by atoms with Crippen LogP contribution in [0.1, 0.15) is 5.56 Å². The number of nitrogens with zero attached hydrogens (tertiary/aromatic N) is 1. The Morgan fingerprint density at radius 1 is 1.36 bits per heavy atom. The summed E-state index contributed by atoms with van der Waals surface area (Å²) in [6.45, 7) is 0. The molecule has 0 N–H and O–H groups in total. The molecule has 0 fully saturated rings. The van der Waals surface area contributed by atoms with Crippen molar-refractivity contribution in [3.8, 4) is 0 Å². The minimum Gasteiger partial charge on any atom is -0.299 e. The summed E-state index contributed by atoms with van der Waals surface area (Å²) in [4.78, 5) is 13.1. The van der Waals surface area contributed by atoms with E-state index in [2.05, 4.69) is 12.6 Å². The van der Waals surface area contributed by atoms with Gasteiger partial charge >= 0.3 is 0 Å². The first-order valence-electron chi connectivity index (χ1n) is 4.54. The lowest BCUT2D eigenvalue weighted by Gasteiger charge is -2.20. The third-order valence-corrected chi connectivity index (χ3v) is 2.48. The number of hydrogen-bond donors (Lipinski definition) is 1. The maximum Gasteiger partial charge on any atom is 0.203 e. The highest BCUT2D eigenvalue weighted by molar-refractivity contribution is 7.96. The van der Waals surface area contributed by atoms with Crippen LogP contribution in [0.25, 0.3) is 0 Å². The number of carbonyl (C=O) groups excluding carboxylic acids is 1. The summed E-state index contributed by atoms with van der Waals surface area (Å²) in [6.07, 6.45) is 0.718. The molecule has 1 rings (SSSR count). The van der Waals surface area contributed by atoms with Gasteiger partial charge in [-0.05, 0) is 26.1 Å². The highest BCUT2D eigenvalue weighted by Gasteiger charge is 2.17. The molecule has 0 saturated carbocycles. The fourth-order valence-corrected chi connectivity index (χ4v) is 1.65. The monoisotopic (exact) mass is 209 g/mol. The number of thiol groups is 1. The molecule has 76 valence electrons. The maximum absolute atomic E-state index is 11.2. The van der Waals surface area contributed by atoms with E-state index in [-0.39, 0.29) is 11.2 Å². The third kappa shape index (κ3) is 3.16. The van der Waals surface area contributed by atoms with E-state index in [1.165, 1.54) is 0 Å². The maximum atomic E-state index is 11.2. The van der Waals surface area contributed by atoms with E-state index in [4.69, 9.17) is 0 Å². The first-order chi connectivity index (χ1) is 6.61. The second-order valence-corrected chi connectivity index (χ2v) is 3.95. The number of carbonyl (C=O) groups is 1. The molecule has 0 heterocycles. The van der Waals surface area contributed by atoms with Crippen LogP contribution in [-0.2, 0) is 11.2 Å². The van der Waals surface area contributed by atoms with E-state index in [1.807, 2.05) is 49.3 Å². The summed E-state index contributed by atoms with van der Waals surface area (Å²) in [5.41, 5.74) is 1.16. The molecule has 2 nitrogen and oxygen atoms in total. The van der Waals surface area contributed by atoms with Crippen LogP contribution in [0.15, 0.2) is 30.3 Å². The van der Waals surface area contributed by atoms with Crippen molar-refractivity contribution < 1.29 is 4.79 Å². The summed E-state index contributed by atoms with van der Waals surface area (Å²) in [5, 5.41) is -0.0844. The summed E-state index contributed by atoms with van der Waals surface area (Å²) >= 11 is 3.88. The van der Waals surface area contributed by atoms with Gasteiger partial charge in [0.15, 0.2) is 0 Å². The van der Waals surface area contributed by atoms with Crippen molar-refractivity contribution in [1.29, 1.82) is 0 Å². The van der Waals surface area contributed by atoms with Gasteiger partial charge in [-0.3, -0.25) is 9.69 Å². The van der Waals surface area contributed by atoms with Crippen LogP contribution in [0.2, 0.25) is 0 Å². The third-order valence-electron chi connectivity index (χ3n) is 2.18. The molecule has 0 amide bonds. The van der Waals surface area contributed by atoms with Gasteiger partial charge in [-0.2, -0.15) is 0 Å². The Hall–Kier alpha value is -0.800. The molecule has 0 unspecified atom stereocenters. The summed E-state index contributed by atoms with van der Waals surface area (Å²) in [5.74, 6) is 0.